The molecule has 2 aliphatic heterocycles. The molecule has 2 aliphatic rings. The Bertz CT molecular complexity index is 724. The van der Waals surface area contributed by atoms with Crippen LogP contribution in [0.5, 0.6) is 0 Å². The van der Waals surface area contributed by atoms with Crippen LogP contribution >= 0.6 is 23.4 Å². The summed E-state index contributed by atoms with van der Waals surface area (Å²) < 4.78 is 27.1. The van der Waals surface area contributed by atoms with Gasteiger partial charge in [-0.1, -0.05) is 35.4 Å². The number of thioether (sulfide) groups is 1. The Morgan fingerprint density at radius 2 is 2.05 bits per heavy atom. The van der Waals surface area contributed by atoms with Crippen molar-refractivity contribution >= 4 is 39.1 Å². The van der Waals surface area contributed by atoms with Crippen LogP contribution in [0.3, 0.4) is 0 Å². The second-order valence-electron chi connectivity index (χ2n) is 5.01. The summed E-state index contributed by atoms with van der Waals surface area (Å²) in [6.45, 7) is 2.60. The molecule has 3 rings (SSSR count). The van der Waals surface area contributed by atoms with Gasteiger partial charge in [0.1, 0.15) is 9.74 Å². The first-order valence-corrected chi connectivity index (χ1v) is 9.34. The molecule has 0 radical (unpaired) electrons. The summed E-state index contributed by atoms with van der Waals surface area (Å²) >= 11 is 7.47. The van der Waals surface area contributed by atoms with Gasteiger partial charge in [-0.05, 0) is 19.1 Å². The molecule has 1 aromatic carbocycles. The van der Waals surface area contributed by atoms with E-state index < -0.39 is 14.6 Å². The summed E-state index contributed by atoms with van der Waals surface area (Å²) in [4.78, 5) is 0.970. The van der Waals surface area contributed by atoms with E-state index in [9.17, 15) is 8.42 Å². The minimum atomic E-state index is -3.46. The van der Waals surface area contributed by atoms with Crippen molar-refractivity contribution in [1.82, 2.24) is 5.32 Å². The Kier molecular flexibility index (Phi) is 3.94. The summed E-state index contributed by atoms with van der Waals surface area (Å²) in [6, 6.07) is 7.30. The van der Waals surface area contributed by atoms with Crippen LogP contribution in [0.2, 0.25) is 0 Å². The zero-order chi connectivity index (χ0) is 15.0. The predicted molar refractivity (Wildman–Crippen MR) is 88.7 cm³/mol. The van der Waals surface area contributed by atoms with Crippen molar-refractivity contribution < 1.29 is 8.42 Å². The molecule has 2 heterocycles. The van der Waals surface area contributed by atoms with Crippen molar-refractivity contribution in [2.24, 2.45) is 0 Å². The van der Waals surface area contributed by atoms with Crippen molar-refractivity contribution in [2.45, 2.75) is 17.9 Å². The first kappa shape index (κ1) is 14.8. The largest absolute Gasteiger partial charge is 0.372 e. The van der Waals surface area contributed by atoms with Gasteiger partial charge >= 0.3 is 0 Å². The van der Waals surface area contributed by atoms with Gasteiger partial charge in [-0.15, -0.1) is 11.8 Å². The second-order valence-corrected chi connectivity index (χ2v) is 8.79. The van der Waals surface area contributed by atoms with Gasteiger partial charge in [0.2, 0.25) is 10.0 Å². The number of dihydropyridines is 1. The van der Waals surface area contributed by atoms with E-state index in [1.165, 1.54) is 11.8 Å². The molecule has 0 aromatic heterocycles. The number of hydrogen-bond donors (Lipinski definition) is 2. The third-order valence-corrected chi connectivity index (χ3v) is 7.28. The van der Waals surface area contributed by atoms with Crippen LogP contribution < -0.4 is 10.0 Å². The molecule has 1 saturated heterocycles. The molecule has 7 heteroatoms. The number of allylic oxidation sites excluding steroid dienone is 1. The number of halogens is 1. The van der Waals surface area contributed by atoms with Gasteiger partial charge in [0, 0.05) is 29.1 Å². The monoisotopic (exact) mass is 342 g/mol. The minimum Gasteiger partial charge on any atom is -0.372 e. The highest BCUT2D eigenvalue weighted by Gasteiger charge is 2.37. The maximum atomic E-state index is 12.5. The van der Waals surface area contributed by atoms with Crippen molar-refractivity contribution in [3.63, 3.8) is 0 Å². The first-order chi connectivity index (χ1) is 9.95. The molecule has 0 spiro atoms. The SMILES string of the molecule is Cc1ccc(NS(=O)(=O)C2CC3=C(Cl)NCC=C3S2)cc1. The third kappa shape index (κ3) is 3.07. The van der Waals surface area contributed by atoms with Crippen molar-refractivity contribution in [3.05, 3.63) is 51.5 Å². The second kappa shape index (κ2) is 5.59. The smallest absolute Gasteiger partial charge is 0.245 e. The lowest BCUT2D eigenvalue weighted by Gasteiger charge is -2.12. The molecule has 2 N–H and O–H groups in total. The number of hydrogen-bond acceptors (Lipinski definition) is 4. The lowest BCUT2D eigenvalue weighted by molar-refractivity contribution is 0.598. The van der Waals surface area contributed by atoms with Gasteiger partial charge in [0.15, 0.2) is 0 Å². The number of nitrogens with one attached hydrogen (secondary N) is 2. The summed E-state index contributed by atoms with van der Waals surface area (Å²) in [5, 5.41) is 3.58. The van der Waals surface area contributed by atoms with Crippen LogP contribution in [0, 0.1) is 6.92 Å². The van der Waals surface area contributed by atoms with Crippen LogP contribution in [-0.2, 0) is 10.0 Å². The van der Waals surface area contributed by atoms with Crippen LogP contribution in [0.1, 0.15) is 12.0 Å². The predicted octanol–water partition coefficient (Wildman–Crippen LogP) is 3.14. The molecule has 1 atom stereocenters. The fraction of sp³-hybridized carbons (Fsp3) is 0.286. The summed E-state index contributed by atoms with van der Waals surface area (Å²) in [6.07, 6.45) is 2.40. The van der Waals surface area contributed by atoms with Crippen LogP contribution in [0.15, 0.2) is 46.0 Å². The summed E-state index contributed by atoms with van der Waals surface area (Å²) in [5.41, 5.74) is 2.57. The van der Waals surface area contributed by atoms with E-state index in [2.05, 4.69) is 10.0 Å². The van der Waals surface area contributed by atoms with Gasteiger partial charge in [0.25, 0.3) is 0 Å². The maximum absolute atomic E-state index is 12.5. The molecule has 0 amide bonds. The van der Waals surface area contributed by atoms with E-state index in [0.717, 1.165) is 16.0 Å². The molecular weight excluding hydrogens is 328 g/mol. The molecule has 112 valence electrons. The number of sulfonamides is 1. The fourth-order valence-electron chi connectivity index (χ4n) is 2.26. The minimum absolute atomic E-state index is 0.420. The molecule has 0 bridgehead atoms. The van der Waals surface area contributed by atoms with Crippen LogP contribution in [0.4, 0.5) is 5.69 Å². The van der Waals surface area contributed by atoms with E-state index in [0.29, 0.717) is 23.8 Å². The molecule has 0 aliphatic carbocycles. The highest BCUT2D eigenvalue weighted by Crippen LogP contribution is 2.46. The highest BCUT2D eigenvalue weighted by molar-refractivity contribution is 8.16. The molecule has 21 heavy (non-hydrogen) atoms. The topological polar surface area (TPSA) is 58.2 Å². The van der Waals surface area contributed by atoms with E-state index >= 15 is 0 Å². The van der Waals surface area contributed by atoms with E-state index in [1.807, 2.05) is 25.1 Å². The number of benzene rings is 1. The van der Waals surface area contributed by atoms with Crippen molar-refractivity contribution in [1.29, 1.82) is 0 Å². The van der Waals surface area contributed by atoms with Crippen molar-refractivity contribution in [2.75, 3.05) is 11.3 Å². The van der Waals surface area contributed by atoms with Gasteiger partial charge in [-0.2, -0.15) is 0 Å². The zero-order valence-electron chi connectivity index (χ0n) is 11.4. The average molecular weight is 343 g/mol. The van der Waals surface area contributed by atoms with E-state index in [1.54, 1.807) is 12.1 Å². The van der Waals surface area contributed by atoms with Gasteiger partial charge in [0.05, 0.1) is 0 Å². The van der Waals surface area contributed by atoms with Gasteiger partial charge < -0.3 is 5.32 Å². The summed E-state index contributed by atoms with van der Waals surface area (Å²) in [7, 11) is -3.46. The van der Waals surface area contributed by atoms with Gasteiger partial charge in [-0.3, -0.25) is 4.72 Å². The third-order valence-electron chi connectivity index (χ3n) is 3.39. The number of aryl methyl sites for hydroxylation is 1. The Morgan fingerprint density at radius 1 is 1.33 bits per heavy atom. The maximum Gasteiger partial charge on any atom is 0.245 e. The van der Waals surface area contributed by atoms with Gasteiger partial charge in [-0.25, -0.2) is 8.42 Å². The standard InChI is InChI=1S/C14H15ClN2O2S2/c1-9-2-4-10(5-3-9)17-21(18,19)13-8-11-12(20-13)6-7-16-14(11)15/h2-6,13,16-17H,7-8H2,1H3. The molecular formula is C14H15ClN2O2S2. The highest BCUT2D eigenvalue weighted by atomic mass is 35.5. The number of anilines is 1. The average Bonchev–Trinajstić information content (AvgIpc) is 2.88. The number of fused-ring (bicyclic) bond motifs is 1. The molecule has 1 aromatic rings. The normalized spacial score (nSPS) is 21.6. The zero-order valence-corrected chi connectivity index (χ0v) is 13.8. The summed E-state index contributed by atoms with van der Waals surface area (Å²) in [5.74, 6) is 0. The molecule has 1 unspecified atom stereocenters. The van der Waals surface area contributed by atoms with Crippen molar-refractivity contribution in [3.8, 4) is 0 Å². The Morgan fingerprint density at radius 3 is 2.71 bits per heavy atom. The molecule has 4 nitrogen and oxygen atoms in total. The van der Waals surface area contributed by atoms with Crippen LogP contribution in [0.25, 0.3) is 0 Å². The molecule has 0 saturated carbocycles. The van der Waals surface area contributed by atoms with E-state index in [4.69, 9.17) is 11.6 Å². The Balaban J connectivity index is 1.80. The fourth-order valence-corrected chi connectivity index (χ4v) is 5.55. The first-order valence-electron chi connectivity index (χ1n) is 6.54. The van der Waals surface area contributed by atoms with E-state index in [-0.39, 0.29) is 0 Å². The Labute approximate surface area is 133 Å². The molecule has 1 fully saturated rings. The Hall–Kier alpha value is -1.11. The lowest BCUT2D eigenvalue weighted by Crippen LogP contribution is -2.23. The quantitative estimate of drug-likeness (QED) is 0.828. The number of rotatable bonds is 3. The van der Waals surface area contributed by atoms with Crippen LogP contribution in [-0.4, -0.2) is 19.5 Å². The lowest BCUT2D eigenvalue weighted by atomic mass is 10.2.